The molecule has 1 amide bonds. The van der Waals surface area contributed by atoms with Crippen LogP contribution in [0.2, 0.25) is 0 Å². The summed E-state index contributed by atoms with van der Waals surface area (Å²) in [6, 6.07) is 12.6. The lowest BCUT2D eigenvalue weighted by molar-refractivity contribution is -0.132. The molecule has 3 aromatic rings. The van der Waals surface area contributed by atoms with Crippen molar-refractivity contribution in [1.29, 1.82) is 0 Å². The van der Waals surface area contributed by atoms with Crippen LogP contribution in [0.25, 0.3) is 10.9 Å². The summed E-state index contributed by atoms with van der Waals surface area (Å²) >= 11 is 0. The maximum atomic E-state index is 12.5. The van der Waals surface area contributed by atoms with Gasteiger partial charge in [0.25, 0.3) is 0 Å². The van der Waals surface area contributed by atoms with Crippen molar-refractivity contribution in [2.75, 3.05) is 19.6 Å². The van der Waals surface area contributed by atoms with E-state index in [1.165, 1.54) is 0 Å². The smallest absolute Gasteiger partial charge is 0.226 e. The molecule has 1 aromatic carbocycles. The number of fused-ring (bicyclic) bond motifs is 1. The Bertz CT molecular complexity index is 1050. The Kier molecular flexibility index (Phi) is 7.15. The number of carbonyl (C=O) groups is 1. The third kappa shape index (κ3) is 5.71. The molecule has 0 spiro atoms. The molecule has 1 fully saturated rings. The molecule has 1 saturated heterocycles. The predicted molar refractivity (Wildman–Crippen MR) is 124 cm³/mol. The Labute approximate surface area is 189 Å². The monoisotopic (exact) mass is 435 g/mol. The molecule has 32 heavy (non-hydrogen) atoms. The van der Waals surface area contributed by atoms with Crippen LogP contribution < -0.4 is 0 Å². The van der Waals surface area contributed by atoms with E-state index in [9.17, 15) is 4.79 Å². The fourth-order valence-corrected chi connectivity index (χ4v) is 4.50. The van der Waals surface area contributed by atoms with Crippen molar-refractivity contribution in [3.8, 4) is 0 Å². The number of piperidine rings is 1. The normalized spacial score (nSPS) is 17.2. The van der Waals surface area contributed by atoms with Gasteiger partial charge in [0, 0.05) is 50.8 Å². The Hall–Kier alpha value is -2.80. The van der Waals surface area contributed by atoms with E-state index in [1.807, 2.05) is 17.0 Å². The fraction of sp³-hybridized carbons (Fsp3) is 0.520. The Morgan fingerprint density at radius 3 is 2.88 bits per heavy atom. The van der Waals surface area contributed by atoms with E-state index in [2.05, 4.69) is 53.2 Å². The third-order valence-corrected chi connectivity index (χ3v) is 6.04. The summed E-state index contributed by atoms with van der Waals surface area (Å²) in [6.45, 7) is 9.22. The predicted octanol–water partition coefficient (Wildman–Crippen LogP) is 3.87. The van der Waals surface area contributed by atoms with Crippen molar-refractivity contribution in [1.82, 2.24) is 24.9 Å². The highest BCUT2D eigenvalue weighted by atomic mass is 16.5. The van der Waals surface area contributed by atoms with Gasteiger partial charge in [-0.15, -0.1) is 0 Å². The van der Waals surface area contributed by atoms with Crippen LogP contribution in [0.3, 0.4) is 0 Å². The zero-order valence-corrected chi connectivity index (χ0v) is 19.3. The van der Waals surface area contributed by atoms with Crippen LogP contribution in [0.5, 0.6) is 0 Å². The van der Waals surface area contributed by atoms with E-state index in [0.29, 0.717) is 30.6 Å². The number of hydrogen-bond donors (Lipinski definition) is 0. The van der Waals surface area contributed by atoms with E-state index in [-0.39, 0.29) is 11.9 Å². The van der Waals surface area contributed by atoms with Crippen molar-refractivity contribution >= 4 is 16.8 Å². The topological polar surface area (TPSA) is 75.4 Å². The SMILES string of the molecule is CC(=O)N(CCc1noc(CC(C)C)n1)C1CCCN(Cc2ccc3ccccc3n2)C1. The molecular weight excluding hydrogens is 402 g/mol. The molecule has 4 rings (SSSR count). The van der Waals surface area contributed by atoms with Crippen LogP contribution in [0.15, 0.2) is 40.9 Å². The number of aromatic nitrogens is 3. The summed E-state index contributed by atoms with van der Waals surface area (Å²) in [5.74, 6) is 1.94. The largest absolute Gasteiger partial charge is 0.339 e. The molecule has 7 nitrogen and oxygen atoms in total. The van der Waals surface area contributed by atoms with Crippen LogP contribution in [-0.4, -0.2) is 56.5 Å². The molecule has 0 aliphatic carbocycles. The van der Waals surface area contributed by atoms with Crippen LogP contribution in [0, 0.1) is 5.92 Å². The van der Waals surface area contributed by atoms with Gasteiger partial charge in [-0.05, 0) is 37.4 Å². The maximum Gasteiger partial charge on any atom is 0.226 e. The standard InChI is InChI=1S/C25H33N5O2/c1-18(2)15-25-27-24(28-32-25)12-14-30(19(3)31)22-8-6-13-29(17-22)16-21-11-10-20-7-4-5-9-23(20)26-21/h4-5,7,9-11,18,22H,6,8,12-17H2,1-3H3. The van der Waals surface area contributed by atoms with Crippen molar-refractivity contribution < 1.29 is 9.32 Å². The summed E-state index contributed by atoms with van der Waals surface area (Å²) in [7, 11) is 0. The maximum absolute atomic E-state index is 12.5. The molecule has 2 aromatic heterocycles. The van der Waals surface area contributed by atoms with E-state index >= 15 is 0 Å². The molecule has 0 saturated carbocycles. The van der Waals surface area contributed by atoms with Gasteiger partial charge in [0.2, 0.25) is 11.8 Å². The Balaban J connectivity index is 1.37. The first kappa shape index (κ1) is 22.4. The zero-order chi connectivity index (χ0) is 22.5. The summed E-state index contributed by atoms with van der Waals surface area (Å²) in [5.41, 5.74) is 2.10. The van der Waals surface area contributed by atoms with Crippen LogP contribution >= 0.6 is 0 Å². The summed E-state index contributed by atoms with van der Waals surface area (Å²) in [4.78, 5) is 26.2. The van der Waals surface area contributed by atoms with Crippen molar-refractivity contribution in [2.24, 2.45) is 5.92 Å². The molecule has 0 bridgehead atoms. The van der Waals surface area contributed by atoms with Crippen molar-refractivity contribution in [3.63, 3.8) is 0 Å². The van der Waals surface area contributed by atoms with Crippen LogP contribution in [0.4, 0.5) is 0 Å². The molecule has 1 aliphatic rings. The minimum absolute atomic E-state index is 0.103. The molecule has 170 valence electrons. The highest BCUT2D eigenvalue weighted by Crippen LogP contribution is 2.20. The number of carbonyl (C=O) groups excluding carboxylic acids is 1. The van der Waals surface area contributed by atoms with Gasteiger partial charge < -0.3 is 9.42 Å². The molecular formula is C25H33N5O2. The summed E-state index contributed by atoms with van der Waals surface area (Å²) in [6.07, 6.45) is 3.49. The average molecular weight is 436 g/mol. The van der Waals surface area contributed by atoms with Gasteiger partial charge in [-0.1, -0.05) is 43.3 Å². The number of amides is 1. The molecule has 1 atom stereocenters. The second kappa shape index (κ2) is 10.2. The van der Waals surface area contributed by atoms with Gasteiger partial charge in [-0.25, -0.2) is 0 Å². The molecule has 3 heterocycles. The quantitative estimate of drug-likeness (QED) is 0.535. The van der Waals surface area contributed by atoms with Gasteiger partial charge in [0.05, 0.1) is 11.2 Å². The fourth-order valence-electron chi connectivity index (χ4n) is 4.50. The summed E-state index contributed by atoms with van der Waals surface area (Å²) in [5, 5.41) is 5.26. The van der Waals surface area contributed by atoms with Crippen LogP contribution in [0.1, 0.15) is 51.0 Å². The molecule has 1 unspecified atom stereocenters. The van der Waals surface area contributed by atoms with Gasteiger partial charge >= 0.3 is 0 Å². The van der Waals surface area contributed by atoms with Gasteiger partial charge in [-0.2, -0.15) is 4.98 Å². The Morgan fingerprint density at radius 2 is 2.06 bits per heavy atom. The number of likely N-dealkylation sites (tertiary alicyclic amines) is 1. The van der Waals surface area contributed by atoms with Gasteiger partial charge in [-0.3, -0.25) is 14.7 Å². The highest BCUT2D eigenvalue weighted by molar-refractivity contribution is 5.78. The number of hydrogen-bond acceptors (Lipinski definition) is 6. The average Bonchev–Trinajstić information content (AvgIpc) is 3.20. The molecule has 7 heteroatoms. The third-order valence-electron chi connectivity index (χ3n) is 6.04. The second-order valence-electron chi connectivity index (χ2n) is 9.19. The molecule has 1 aliphatic heterocycles. The number of benzene rings is 1. The number of rotatable bonds is 8. The zero-order valence-electron chi connectivity index (χ0n) is 19.3. The van der Waals surface area contributed by atoms with E-state index < -0.39 is 0 Å². The summed E-state index contributed by atoms with van der Waals surface area (Å²) < 4.78 is 5.35. The minimum Gasteiger partial charge on any atom is -0.339 e. The first-order valence-corrected chi connectivity index (χ1v) is 11.6. The lowest BCUT2D eigenvalue weighted by Gasteiger charge is -2.39. The number of pyridine rings is 1. The molecule has 0 radical (unpaired) electrons. The first-order valence-electron chi connectivity index (χ1n) is 11.6. The lowest BCUT2D eigenvalue weighted by Crippen LogP contribution is -2.50. The minimum atomic E-state index is 0.103. The second-order valence-corrected chi connectivity index (χ2v) is 9.19. The molecule has 0 N–H and O–H groups in total. The van der Waals surface area contributed by atoms with E-state index in [0.717, 1.165) is 55.5 Å². The van der Waals surface area contributed by atoms with E-state index in [4.69, 9.17) is 9.51 Å². The highest BCUT2D eigenvalue weighted by Gasteiger charge is 2.27. The Morgan fingerprint density at radius 1 is 1.22 bits per heavy atom. The van der Waals surface area contributed by atoms with Gasteiger partial charge in [0.1, 0.15) is 0 Å². The van der Waals surface area contributed by atoms with Crippen molar-refractivity contribution in [3.05, 3.63) is 53.8 Å². The van der Waals surface area contributed by atoms with Crippen molar-refractivity contribution in [2.45, 2.75) is 59.0 Å². The number of nitrogens with zero attached hydrogens (tertiary/aromatic N) is 5. The lowest BCUT2D eigenvalue weighted by atomic mass is 10.0. The van der Waals surface area contributed by atoms with E-state index in [1.54, 1.807) is 6.92 Å². The first-order chi connectivity index (χ1) is 15.5. The van der Waals surface area contributed by atoms with Crippen LogP contribution in [-0.2, 0) is 24.2 Å². The number of para-hydroxylation sites is 1. The van der Waals surface area contributed by atoms with Gasteiger partial charge in [0.15, 0.2) is 5.82 Å².